The first-order valence-electron chi connectivity index (χ1n) is 10.9. The number of hydrogen-bond acceptors (Lipinski definition) is 9. The van der Waals surface area contributed by atoms with E-state index in [1.165, 1.54) is 33.5 Å². The fraction of sp³-hybridized carbons (Fsp3) is 0.280. The quantitative estimate of drug-likeness (QED) is 0.373. The van der Waals surface area contributed by atoms with E-state index in [1.54, 1.807) is 24.3 Å². The number of para-hydroxylation sites is 1. The minimum absolute atomic E-state index is 0.102. The minimum atomic E-state index is -0.841. The smallest absolute Gasteiger partial charge is 0.359 e. The molecule has 0 bridgehead atoms. The Balaban J connectivity index is 1.53. The van der Waals surface area contributed by atoms with Crippen LogP contribution in [0.1, 0.15) is 16.1 Å². The van der Waals surface area contributed by atoms with Crippen LogP contribution in [0.2, 0.25) is 0 Å². The van der Waals surface area contributed by atoms with Gasteiger partial charge in [-0.2, -0.15) is 5.10 Å². The lowest BCUT2D eigenvalue weighted by atomic mass is 10.1. The summed E-state index contributed by atoms with van der Waals surface area (Å²) in [5.41, 5.74) is 0.134. The van der Waals surface area contributed by atoms with Gasteiger partial charge in [0.15, 0.2) is 23.8 Å². The third kappa shape index (κ3) is 6.98. The molecule has 0 fully saturated rings. The Hall–Kier alpha value is -4.54. The second-order valence-corrected chi connectivity index (χ2v) is 7.31. The summed E-state index contributed by atoms with van der Waals surface area (Å²) in [6, 6.07) is 14.9. The number of amides is 1. The molecular formula is C25H27N3O8. The highest BCUT2D eigenvalue weighted by Crippen LogP contribution is 2.34. The molecule has 0 aliphatic rings. The third-order valence-electron chi connectivity index (χ3n) is 4.99. The van der Waals surface area contributed by atoms with Crippen LogP contribution in [-0.4, -0.2) is 56.2 Å². The first-order valence-corrected chi connectivity index (χ1v) is 10.9. The second-order valence-electron chi connectivity index (χ2n) is 7.31. The highest BCUT2D eigenvalue weighted by molar-refractivity contribution is 5.89. The Kier molecular flexibility index (Phi) is 9.26. The molecular weight excluding hydrogens is 470 g/mol. The predicted octanol–water partition coefficient (Wildman–Crippen LogP) is 1.82. The van der Waals surface area contributed by atoms with Gasteiger partial charge in [-0.25, -0.2) is 9.48 Å². The third-order valence-corrected chi connectivity index (χ3v) is 4.99. The van der Waals surface area contributed by atoms with Crippen LogP contribution in [0.5, 0.6) is 23.0 Å². The Labute approximate surface area is 207 Å². The van der Waals surface area contributed by atoms with Gasteiger partial charge in [0.1, 0.15) is 18.1 Å². The van der Waals surface area contributed by atoms with Crippen molar-refractivity contribution >= 4 is 11.9 Å². The van der Waals surface area contributed by atoms with Crippen LogP contribution in [0.3, 0.4) is 0 Å². The standard InChI is InChI=1S/C25H27N3O8/c1-32-20-14-22(34-3)21(33-2)13-17(20)15-26-23(29)16-36-25(31)19-9-10-24(30)28(27-19)11-12-35-18-7-5-4-6-8-18/h4-10,13-14H,11-12,15-16H2,1-3H3,(H,26,29). The average Bonchev–Trinajstić information content (AvgIpc) is 2.91. The molecule has 11 heteroatoms. The van der Waals surface area contributed by atoms with Crippen LogP contribution in [0.15, 0.2) is 59.4 Å². The summed E-state index contributed by atoms with van der Waals surface area (Å²) in [4.78, 5) is 36.7. The lowest BCUT2D eigenvalue weighted by Gasteiger charge is -2.14. The Morgan fingerprint density at radius 3 is 2.31 bits per heavy atom. The van der Waals surface area contributed by atoms with Crippen LogP contribution in [-0.2, 0) is 22.6 Å². The molecule has 0 atom stereocenters. The second kappa shape index (κ2) is 12.8. The van der Waals surface area contributed by atoms with E-state index in [1.807, 2.05) is 18.2 Å². The van der Waals surface area contributed by atoms with Gasteiger partial charge >= 0.3 is 5.97 Å². The zero-order valence-corrected chi connectivity index (χ0v) is 20.2. The number of esters is 1. The summed E-state index contributed by atoms with van der Waals surface area (Å²) >= 11 is 0. The number of aromatic nitrogens is 2. The Morgan fingerprint density at radius 1 is 0.917 bits per heavy atom. The molecule has 3 rings (SSSR count). The SMILES string of the molecule is COc1cc(OC)c(OC)cc1CNC(=O)COC(=O)c1ccc(=O)n(CCOc2ccccc2)n1. The molecule has 190 valence electrons. The fourth-order valence-electron chi connectivity index (χ4n) is 3.17. The van der Waals surface area contributed by atoms with Crippen molar-refractivity contribution in [2.75, 3.05) is 34.5 Å². The molecule has 11 nitrogen and oxygen atoms in total. The van der Waals surface area contributed by atoms with Crippen molar-refractivity contribution < 1.29 is 33.3 Å². The van der Waals surface area contributed by atoms with Gasteiger partial charge in [-0.15, -0.1) is 0 Å². The number of hydrogen-bond donors (Lipinski definition) is 1. The van der Waals surface area contributed by atoms with Crippen LogP contribution in [0.25, 0.3) is 0 Å². The fourth-order valence-corrected chi connectivity index (χ4v) is 3.17. The lowest BCUT2D eigenvalue weighted by molar-refractivity contribution is -0.124. The molecule has 36 heavy (non-hydrogen) atoms. The van der Waals surface area contributed by atoms with E-state index in [-0.39, 0.29) is 25.4 Å². The maximum absolute atomic E-state index is 12.4. The van der Waals surface area contributed by atoms with Crippen molar-refractivity contribution in [3.8, 4) is 23.0 Å². The first kappa shape index (κ1) is 26.1. The number of nitrogens with one attached hydrogen (secondary N) is 1. The van der Waals surface area contributed by atoms with E-state index in [4.69, 9.17) is 23.7 Å². The average molecular weight is 498 g/mol. The molecule has 1 aromatic heterocycles. The van der Waals surface area contributed by atoms with Crippen LogP contribution < -0.4 is 29.8 Å². The van der Waals surface area contributed by atoms with E-state index in [0.717, 1.165) is 4.68 Å². The van der Waals surface area contributed by atoms with Crippen LogP contribution >= 0.6 is 0 Å². The Morgan fingerprint density at radius 2 is 1.61 bits per heavy atom. The minimum Gasteiger partial charge on any atom is -0.496 e. The van der Waals surface area contributed by atoms with Crippen molar-refractivity contribution in [2.24, 2.45) is 0 Å². The maximum atomic E-state index is 12.4. The summed E-state index contributed by atoms with van der Waals surface area (Å²) in [6.07, 6.45) is 0. The molecule has 2 aromatic carbocycles. The molecule has 3 aromatic rings. The molecule has 0 saturated heterocycles. The summed E-state index contributed by atoms with van der Waals surface area (Å²) in [6.45, 7) is -0.128. The van der Waals surface area contributed by atoms with Gasteiger partial charge in [0.25, 0.3) is 11.5 Å². The van der Waals surface area contributed by atoms with E-state index < -0.39 is 24.0 Å². The molecule has 0 aliphatic heterocycles. The topological polar surface area (TPSA) is 127 Å². The number of benzene rings is 2. The van der Waals surface area contributed by atoms with Gasteiger partial charge in [0, 0.05) is 24.2 Å². The van der Waals surface area contributed by atoms with Gasteiger partial charge < -0.3 is 29.0 Å². The molecule has 0 radical (unpaired) electrons. The largest absolute Gasteiger partial charge is 0.496 e. The number of carbonyl (C=O) groups excluding carboxylic acids is 2. The number of methoxy groups -OCH3 is 3. The zero-order valence-electron chi connectivity index (χ0n) is 20.2. The van der Waals surface area contributed by atoms with Crippen molar-refractivity contribution in [1.29, 1.82) is 0 Å². The van der Waals surface area contributed by atoms with Crippen LogP contribution in [0, 0.1) is 0 Å². The normalized spacial score (nSPS) is 10.3. The number of carbonyl (C=O) groups is 2. The maximum Gasteiger partial charge on any atom is 0.359 e. The van der Waals surface area contributed by atoms with Gasteiger partial charge in [0.05, 0.1) is 27.9 Å². The van der Waals surface area contributed by atoms with Gasteiger partial charge in [-0.05, 0) is 24.3 Å². The Bertz CT molecular complexity index is 1240. The van der Waals surface area contributed by atoms with E-state index in [2.05, 4.69) is 10.4 Å². The van der Waals surface area contributed by atoms with Crippen molar-refractivity contribution in [2.45, 2.75) is 13.1 Å². The molecule has 0 spiro atoms. The summed E-state index contributed by atoms with van der Waals surface area (Å²) < 4.78 is 27.6. The molecule has 0 saturated carbocycles. The predicted molar refractivity (Wildman–Crippen MR) is 129 cm³/mol. The molecule has 1 N–H and O–H groups in total. The monoisotopic (exact) mass is 497 g/mol. The van der Waals surface area contributed by atoms with Crippen molar-refractivity contribution in [3.05, 3.63) is 76.2 Å². The number of nitrogens with zero attached hydrogens (tertiary/aromatic N) is 2. The molecule has 1 amide bonds. The van der Waals surface area contributed by atoms with E-state index in [9.17, 15) is 14.4 Å². The summed E-state index contributed by atoms with van der Waals surface area (Å²) in [5, 5.41) is 6.66. The highest BCUT2D eigenvalue weighted by atomic mass is 16.5. The van der Waals surface area contributed by atoms with Gasteiger partial charge in [-0.1, -0.05) is 18.2 Å². The van der Waals surface area contributed by atoms with Crippen molar-refractivity contribution in [3.63, 3.8) is 0 Å². The highest BCUT2D eigenvalue weighted by Gasteiger charge is 2.15. The summed E-state index contributed by atoms with van der Waals surface area (Å²) in [7, 11) is 4.50. The van der Waals surface area contributed by atoms with Crippen LogP contribution in [0.4, 0.5) is 0 Å². The molecule has 0 aliphatic carbocycles. The van der Waals surface area contributed by atoms with Crippen molar-refractivity contribution in [1.82, 2.24) is 15.1 Å². The molecule has 1 heterocycles. The van der Waals surface area contributed by atoms with E-state index >= 15 is 0 Å². The number of ether oxygens (including phenoxy) is 5. The molecule has 0 unspecified atom stereocenters. The van der Waals surface area contributed by atoms with Gasteiger partial charge in [0.2, 0.25) is 0 Å². The zero-order chi connectivity index (χ0) is 25.9. The first-order chi connectivity index (χ1) is 17.4. The summed E-state index contributed by atoms with van der Waals surface area (Å²) in [5.74, 6) is 0.727. The number of rotatable bonds is 12. The van der Waals surface area contributed by atoms with Gasteiger partial charge in [-0.3, -0.25) is 9.59 Å². The van der Waals surface area contributed by atoms with E-state index in [0.29, 0.717) is 28.6 Å². The lowest BCUT2D eigenvalue weighted by Crippen LogP contribution is -2.30.